The van der Waals surface area contributed by atoms with Crippen LogP contribution in [-0.4, -0.2) is 30.0 Å². The summed E-state index contributed by atoms with van der Waals surface area (Å²) in [7, 11) is 0. The average molecular weight is 248 g/mol. The number of pyridine rings is 1. The van der Waals surface area contributed by atoms with E-state index in [2.05, 4.69) is 15.2 Å². The zero-order valence-corrected chi connectivity index (χ0v) is 10.9. The number of nitrogens with zero attached hydrogens (tertiary/aromatic N) is 2. The summed E-state index contributed by atoms with van der Waals surface area (Å²) in [6, 6.07) is 3.76. The molecule has 1 aliphatic rings. The highest BCUT2D eigenvalue weighted by molar-refractivity contribution is 5.86. The molecule has 1 saturated heterocycles. The Bertz CT molecular complexity index is 416. The molecular weight excluding hydrogens is 228 g/mol. The molecule has 2 rings (SSSR count). The van der Waals surface area contributed by atoms with Gasteiger partial charge in [-0.25, -0.2) is 0 Å². The minimum Gasteiger partial charge on any atom is -0.357 e. The largest absolute Gasteiger partial charge is 0.357 e. The standard InChI is InChI=1S/C13H20N4O/c1-3-12-13(18)15-6-7-17(12)10-4-5-11(9(2)14)16-8-10/h4-5,8-9,12H,3,6-7,14H2,1-2H3,(H,15,18)/t9-,12?/m0/s1. The highest BCUT2D eigenvalue weighted by atomic mass is 16.2. The van der Waals surface area contributed by atoms with Gasteiger partial charge in [0.05, 0.1) is 17.6 Å². The van der Waals surface area contributed by atoms with Crippen LogP contribution in [0.1, 0.15) is 32.0 Å². The number of carbonyl (C=O) groups excluding carboxylic acids is 1. The molecule has 98 valence electrons. The number of nitrogens with two attached hydrogens (primary N) is 1. The number of rotatable bonds is 3. The van der Waals surface area contributed by atoms with Crippen molar-refractivity contribution in [1.82, 2.24) is 10.3 Å². The summed E-state index contributed by atoms with van der Waals surface area (Å²) in [5, 5.41) is 2.89. The van der Waals surface area contributed by atoms with Gasteiger partial charge in [-0.05, 0) is 25.5 Å². The molecule has 0 aliphatic carbocycles. The van der Waals surface area contributed by atoms with Gasteiger partial charge in [0.1, 0.15) is 6.04 Å². The Morgan fingerprint density at radius 3 is 2.94 bits per heavy atom. The lowest BCUT2D eigenvalue weighted by molar-refractivity contribution is -0.123. The van der Waals surface area contributed by atoms with Crippen molar-refractivity contribution < 1.29 is 4.79 Å². The van der Waals surface area contributed by atoms with Crippen LogP contribution >= 0.6 is 0 Å². The molecule has 2 heterocycles. The van der Waals surface area contributed by atoms with Crippen LogP contribution in [0.2, 0.25) is 0 Å². The lowest BCUT2D eigenvalue weighted by Crippen LogP contribution is -2.55. The maximum absolute atomic E-state index is 11.8. The first kappa shape index (κ1) is 12.8. The highest BCUT2D eigenvalue weighted by Gasteiger charge is 2.28. The second kappa shape index (κ2) is 5.35. The van der Waals surface area contributed by atoms with Gasteiger partial charge in [-0.2, -0.15) is 0 Å². The van der Waals surface area contributed by atoms with Crippen LogP contribution in [-0.2, 0) is 4.79 Å². The van der Waals surface area contributed by atoms with E-state index in [4.69, 9.17) is 5.73 Å². The fraction of sp³-hybridized carbons (Fsp3) is 0.538. The number of piperazine rings is 1. The van der Waals surface area contributed by atoms with Crippen LogP contribution in [0.25, 0.3) is 0 Å². The molecule has 1 unspecified atom stereocenters. The third-order valence-electron chi connectivity index (χ3n) is 3.29. The molecule has 3 N–H and O–H groups in total. The SMILES string of the molecule is CCC1C(=O)NCCN1c1ccc([C@H](C)N)nc1. The van der Waals surface area contributed by atoms with Gasteiger partial charge in [-0.3, -0.25) is 9.78 Å². The van der Waals surface area contributed by atoms with Gasteiger partial charge >= 0.3 is 0 Å². The second-order valence-corrected chi connectivity index (χ2v) is 4.64. The van der Waals surface area contributed by atoms with Crippen molar-refractivity contribution in [3.63, 3.8) is 0 Å². The molecule has 0 spiro atoms. The number of hydrogen-bond donors (Lipinski definition) is 2. The van der Waals surface area contributed by atoms with E-state index >= 15 is 0 Å². The summed E-state index contributed by atoms with van der Waals surface area (Å²) in [6.07, 6.45) is 2.60. The smallest absolute Gasteiger partial charge is 0.242 e. The minimum absolute atomic E-state index is 0.0642. The van der Waals surface area contributed by atoms with Crippen molar-refractivity contribution >= 4 is 11.6 Å². The number of aromatic nitrogens is 1. The topological polar surface area (TPSA) is 71.2 Å². The molecular formula is C13H20N4O. The van der Waals surface area contributed by atoms with E-state index in [-0.39, 0.29) is 18.0 Å². The molecule has 1 aromatic rings. The molecule has 0 aromatic carbocycles. The van der Waals surface area contributed by atoms with Crippen LogP contribution in [0, 0.1) is 0 Å². The Kier molecular flexibility index (Phi) is 3.81. The van der Waals surface area contributed by atoms with E-state index in [1.807, 2.05) is 26.0 Å². The molecule has 1 aromatic heterocycles. The van der Waals surface area contributed by atoms with E-state index in [1.54, 1.807) is 6.20 Å². The molecule has 0 bridgehead atoms. The Hall–Kier alpha value is -1.62. The number of anilines is 1. The fourth-order valence-corrected chi connectivity index (χ4v) is 2.27. The minimum atomic E-state index is -0.0956. The van der Waals surface area contributed by atoms with Gasteiger partial charge in [0.2, 0.25) is 5.91 Å². The Morgan fingerprint density at radius 2 is 2.39 bits per heavy atom. The lowest BCUT2D eigenvalue weighted by atomic mass is 10.1. The van der Waals surface area contributed by atoms with Crippen LogP contribution in [0.4, 0.5) is 5.69 Å². The van der Waals surface area contributed by atoms with Gasteiger partial charge in [0, 0.05) is 19.1 Å². The van der Waals surface area contributed by atoms with Crippen LogP contribution in [0.3, 0.4) is 0 Å². The Balaban J connectivity index is 2.21. The van der Waals surface area contributed by atoms with Crippen molar-refractivity contribution in [2.24, 2.45) is 5.73 Å². The van der Waals surface area contributed by atoms with Gasteiger partial charge in [0.15, 0.2) is 0 Å². The molecule has 0 saturated carbocycles. The summed E-state index contributed by atoms with van der Waals surface area (Å²) < 4.78 is 0. The van der Waals surface area contributed by atoms with Crippen molar-refractivity contribution in [1.29, 1.82) is 0 Å². The predicted octanol–water partition coefficient (Wildman–Crippen LogP) is 0.816. The van der Waals surface area contributed by atoms with E-state index in [0.717, 1.165) is 24.3 Å². The number of hydrogen-bond acceptors (Lipinski definition) is 4. The molecule has 18 heavy (non-hydrogen) atoms. The zero-order valence-electron chi connectivity index (χ0n) is 10.9. The first-order valence-electron chi connectivity index (χ1n) is 6.39. The molecule has 1 fully saturated rings. The first-order chi connectivity index (χ1) is 8.63. The maximum atomic E-state index is 11.8. The van der Waals surface area contributed by atoms with Crippen molar-refractivity contribution in [2.75, 3.05) is 18.0 Å². The summed E-state index contributed by atoms with van der Waals surface area (Å²) in [5.74, 6) is 0.0972. The molecule has 5 heteroatoms. The van der Waals surface area contributed by atoms with Gasteiger partial charge in [-0.1, -0.05) is 6.92 Å². The normalized spacial score (nSPS) is 21.6. The summed E-state index contributed by atoms with van der Waals surface area (Å²) in [4.78, 5) is 18.2. The number of carbonyl (C=O) groups is 1. The molecule has 1 amide bonds. The monoisotopic (exact) mass is 248 g/mol. The summed E-state index contributed by atoms with van der Waals surface area (Å²) in [5.41, 5.74) is 7.63. The molecule has 5 nitrogen and oxygen atoms in total. The quantitative estimate of drug-likeness (QED) is 0.830. The Morgan fingerprint density at radius 1 is 1.61 bits per heavy atom. The van der Waals surface area contributed by atoms with Crippen LogP contribution in [0.5, 0.6) is 0 Å². The first-order valence-corrected chi connectivity index (χ1v) is 6.39. The van der Waals surface area contributed by atoms with Gasteiger partial charge in [-0.15, -0.1) is 0 Å². The Labute approximate surface area is 107 Å². The third-order valence-corrected chi connectivity index (χ3v) is 3.29. The second-order valence-electron chi connectivity index (χ2n) is 4.64. The van der Waals surface area contributed by atoms with Crippen LogP contribution in [0.15, 0.2) is 18.3 Å². The van der Waals surface area contributed by atoms with Crippen LogP contribution < -0.4 is 16.0 Å². The summed E-state index contributed by atoms with van der Waals surface area (Å²) in [6.45, 7) is 5.44. The van der Waals surface area contributed by atoms with Gasteiger partial charge in [0.25, 0.3) is 0 Å². The van der Waals surface area contributed by atoms with Crippen molar-refractivity contribution in [3.05, 3.63) is 24.0 Å². The fourth-order valence-electron chi connectivity index (χ4n) is 2.27. The molecule has 2 atom stereocenters. The molecule has 1 aliphatic heterocycles. The highest BCUT2D eigenvalue weighted by Crippen LogP contribution is 2.20. The third kappa shape index (κ3) is 2.46. The van der Waals surface area contributed by atoms with E-state index in [9.17, 15) is 4.79 Å². The lowest BCUT2D eigenvalue weighted by Gasteiger charge is -2.36. The summed E-state index contributed by atoms with van der Waals surface area (Å²) >= 11 is 0. The number of amides is 1. The van der Waals surface area contributed by atoms with Gasteiger partial charge < -0.3 is 16.0 Å². The van der Waals surface area contributed by atoms with Crippen molar-refractivity contribution in [2.45, 2.75) is 32.4 Å². The zero-order chi connectivity index (χ0) is 13.1. The predicted molar refractivity (Wildman–Crippen MR) is 71.3 cm³/mol. The average Bonchev–Trinajstić information content (AvgIpc) is 2.38. The maximum Gasteiger partial charge on any atom is 0.242 e. The van der Waals surface area contributed by atoms with Crippen molar-refractivity contribution in [3.8, 4) is 0 Å². The van der Waals surface area contributed by atoms with E-state index in [0.29, 0.717) is 6.54 Å². The van der Waals surface area contributed by atoms with E-state index in [1.165, 1.54) is 0 Å². The molecule has 0 radical (unpaired) electrons. The number of nitrogens with one attached hydrogen (secondary N) is 1. The van der Waals surface area contributed by atoms with E-state index < -0.39 is 0 Å².